The lowest BCUT2D eigenvalue weighted by atomic mass is 10.1. The van der Waals surface area contributed by atoms with Crippen LogP contribution >= 0.6 is 0 Å². The van der Waals surface area contributed by atoms with E-state index in [4.69, 9.17) is 14.5 Å². The molecule has 38 heavy (non-hydrogen) atoms. The Bertz CT molecular complexity index is 1450. The van der Waals surface area contributed by atoms with Crippen molar-refractivity contribution in [1.82, 2.24) is 14.5 Å². The zero-order chi connectivity index (χ0) is 27.1. The number of halogens is 1. The Morgan fingerprint density at radius 2 is 1.74 bits per heavy atom. The highest BCUT2D eigenvalue weighted by atomic mass is 19.1. The Labute approximate surface area is 221 Å². The van der Waals surface area contributed by atoms with Crippen molar-refractivity contribution in [1.29, 1.82) is 0 Å². The second-order valence-electron chi connectivity index (χ2n) is 8.80. The van der Waals surface area contributed by atoms with E-state index in [-0.39, 0.29) is 11.1 Å². The van der Waals surface area contributed by atoms with Crippen molar-refractivity contribution in [2.75, 3.05) is 26.9 Å². The maximum absolute atomic E-state index is 14.7. The van der Waals surface area contributed by atoms with E-state index < -0.39 is 17.8 Å². The lowest BCUT2D eigenvalue weighted by Gasteiger charge is -2.32. The summed E-state index contributed by atoms with van der Waals surface area (Å²) in [5.74, 6) is 0.0243. The molecule has 0 saturated heterocycles. The van der Waals surface area contributed by atoms with Gasteiger partial charge in [0.25, 0.3) is 11.5 Å². The van der Waals surface area contributed by atoms with Gasteiger partial charge in [0.2, 0.25) is 0 Å². The largest absolute Gasteiger partial charge is 0.494 e. The van der Waals surface area contributed by atoms with Gasteiger partial charge in [-0.1, -0.05) is 31.2 Å². The van der Waals surface area contributed by atoms with E-state index in [9.17, 15) is 14.0 Å². The van der Waals surface area contributed by atoms with Crippen LogP contribution in [0.1, 0.15) is 48.9 Å². The minimum absolute atomic E-state index is 0.0286. The van der Waals surface area contributed by atoms with Crippen molar-refractivity contribution in [2.45, 2.75) is 32.7 Å². The number of hydrogen-bond donors (Lipinski definition) is 0. The molecule has 7 nitrogen and oxygen atoms in total. The number of nitrogens with zero attached hydrogens (tertiary/aromatic N) is 3. The predicted octanol–water partition coefficient (Wildman–Crippen LogP) is 5.55. The summed E-state index contributed by atoms with van der Waals surface area (Å²) in [6.07, 6.45) is 0.989. The standard InChI is InChI=1S/C30H32FN3O4/c1-4-27(33(19-10-20-37-3)29(35)23-11-6-8-13-25(23)31)28-32-26-14-9-7-12-24(26)30(36)34(28)21-15-17-22(18-16-21)38-5-2/h6-9,11-18,27H,4-5,10,19-20H2,1-3H3. The third kappa shape index (κ3) is 5.60. The smallest absolute Gasteiger partial charge is 0.266 e. The lowest BCUT2D eigenvalue weighted by molar-refractivity contribution is 0.0629. The molecule has 1 aromatic heterocycles. The number of para-hydroxylation sites is 1. The van der Waals surface area contributed by atoms with E-state index in [1.807, 2.05) is 19.9 Å². The fraction of sp³-hybridized carbons (Fsp3) is 0.300. The first kappa shape index (κ1) is 27.0. The normalized spacial score (nSPS) is 11.9. The second-order valence-corrected chi connectivity index (χ2v) is 8.80. The van der Waals surface area contributed by atoms with Crippen LogP contribution in [-0.2, 0) is 4.74 Å². The van der Waals surface area contributed by atoms with Crippen LogP contribution in [0.2, 0.25) is 0 Å². The van der Waals surface area contributed by atoms with Crippen LogP contribution in [0.25, 0.3) is 16.6 Å². The number of aromatic nitrogens is 2. The molecule has 1 amide bonds. The first-order valence-electron chi connectivity index (χ1n) is 12.8. The topological polar surface area (TPSA) is 73.7 Å². The Morgan fingerprint density at radius 3 is 2.42 bits per heavy atom. The van der Waals surface area contributed by atoms with E-state index in [1.165, 1.54) is 12.1 Å². The molecule has 8 heteroatoms. The molecule has 1 atom stereocenters. The fourth-order valence-electron chi connectivity index (χ4n) is 4.59. The van der Waals surface area contributed by atoms with Crippen molar-refractivity contribution in [3.63, 3.8) is 0 Å². The van der Waals surface area contributed by atoms with Crippen LogP contribution in [0.5, 0.6) is 5.75 Å². The van der Waals surface area contributed by atoms with Crippen molar-refractivity contribution in [3.8, 4) is 11.4 Å². The molecule has 3 aromatic carbocycles. The van der Waals surface area contributed by atoms with Gasteiger partial charge >= 0.3 is 0 Å². The van der Waals surface area contributed by atoms with E-state index in [2.05, 4.69) is 0 Å². The van der Waals surface area contributed by atoms with Gasteiger partial charge < -0.3 is 14.4 Å². The Kier molecular flexibility index (Phi) is 8.86. The van der Waals surface area contributed by atoms with Crippen molar-refractivity contribution in [3.05, 3.63) is 100 Å². The van der Waals surface area contributed by atoms with Gasteiger partial charge in [-0.3, -0.25) is 14.2 Å². The van der Waals surface area contributed by atoms with Gasteiger partial charge in [0.05, 0.1) is 34.8 Å². The number of hydrogen-bond acceptors (Lipinski definition) is 5. The first-order chi connectivity index (χ1) is 18.5. The summed E-state index contributed by atoms with van der Waals surface area (Å²) in [5, 5.41) is 0.464. The molecule has 1 heterocycles. The SMILES string of the molecule is CCOc1ccc(-n2c(C(CC)N(CCCOC)C(=O)c3ccccc3F)nc3ccccc3c2=O)cc1. The van der Waals surface area contributed by atoms with Crippen LogP contribution in [0, 0.1) is 5.82 Å². The minimum Gasteiger partial charge on any atom is -0.494 e. The predicted molar refractivity (Wildman–Crippen MR) is 145 cm³/mol. The van der Waals surface area contributed by atoms with E-state index in [0.717, 1.165) is 0 Å². The lowest BCUT2D eigenvalue weighted by Crippen LogP contribution is -2.39. The number of amides is 1. The van der Waals surface area contributed by atoms with Crippen LogP contribution in [0.3, 0.4) is 0 Å². The first-order valence-corrected chi connectivity index (χ1v) is 12.8. The third-order valence-corrected chi connectivity index (χ3v) is 6.38. The maximum atomic E-state index is 14.7. The highest BCUT2D eigenvalue weighted by molar-refractivity contribution is 5.94. The highest BCUT2D eigenvalue weighted by Gasteiger charge is 2.30. The van der Waals surface area contributed by atoms with Crippen LogP contribution in [-0.4, -0.2) is 47.2 Å². The number of ether oxygens (including phenoxy) is 2. The van der Waals surface area contributed by atoms with Gasteiger partial charge in [-0.25, -0.2) is 9.37 Å². The number of carbonyl (C=O) groups is 1. The number of fused-ring (bicyclic) bond motifs is 1. The molecular formula is C30H32FN3O4. The highest BCUT2D eigenvalue weighted by Crippen LogP contribution is 2.29. The summed E-state index contributed by atoms with van der Waals surface area (Å²) in [4.78, 5) is 34.1. The summed E-state index contributed by atoms with van der Waals surface area (Å²) < 4.78 is 27.1. The van der Waals surface area contributed by atoms with Gasteiger partial charge in [0.1, 0.15) is 17.4 Å². The summed E-state index contributed by atoms with van der Waals surface area (Å²) in [7, 11) is 1.59. The Hall–Kier alpha value is -4.04. The van der Waals surface area contributed by atoms with Crippen LogP contribution in [0.4, 0.5) is 4.39 Å². The van der Waals surface area contributed by atoms with E-state index in [1.54, 1.807) is 71.2 Å². The van der Waals surface area contributed by atoms with Crippen LogP contribution < -0.4 is 10.3 Å². The van der Waals surface area contributed by atoms with Gasteiger partial charge in [-0.15, -0.1) is 0 Å². The number of carbonyl (C=O) groups excluding carboxylic acids is 1. The molecule has 4 rings (SSSR count). The quantitative estimate of drug-likeness (QED) is 0.244. The molecule has 0 saturated carbocycles. The van der Waals surface area contributed by atoms with E-state index in [0.29, 0.717) is 60.8 Å². The number of methoxy groups -OCH3 is 1. The van der Waals surface area contributed by atoms with Gasteiger partial charge in [0, 0.05) is 20.3 Å². The summed E-state index contributed by atoms with van der Waals surface area (Å²) in [6.45, 7) is 5.07. The monoisotopic (exact) mass is 517 g/mol. The molecule has 4 aromatic rings. The molecule has 0 N–H and O–H groups in total. The molecule has 0 radical (unpaired) electrons. The molecule has 198 valence electrons. The van der Waals surface area contributed by atoms with Gasteiger partial charge in [0.15, 0.2) is 0 Å². The number of rotatable bonds is 11. The second kappa shape index (κ2) is 12.5. The van der Waals surface area contributed by atoms with Gasteiger partial charge in [-0.05, 0) is 68.3 Å². The summed E-state index contributed by atoms with van der Waals surface area (Å²) in [5.41, 5.74) is 0.853. The fourth-order valence-corrected chi connectivity index (χ4v) is 4.59. The van der Waals surface area contributed by atoms with Crippen molar-refractivity contribution >= 4 is 16.8 Å². The van der Waals surface area contributed by atoms with Crippen molar-refractivity contribution < 1.29 is 18.7 Å². The molecular weight excluding hydrogens is 485 g/mol. The van der Waals surface area contributed by atoms with Crippen LogP contribution in [0.15, 0.2) is 77.6 Å². The minimum atomic E-state index is -0.608. The average Bonchev–Trinajstić information content (AvgIpc) is 2.93. The molecule has 0 fully saturated rings. The molecule has 0 bridgehead atoms. The maximum Gasteiger partial charge on any atom is 0.266 e. The Morgan fingerprint density at radius 1 is 1.03 bits per heavy atom. The summed E-state index contributed by atoms with van der Waals surface area (Å²) in [6, 6.07) is 19.6. The van der Waals surface area contributed by atoms with Crippen molar-refractivity contribution in [2.24, 2.45) is 0 Å². The molecule has 0 aliphatic heterocycles. The molecule has 1 unspecified atom stereocenters. The summed E-state index contributed by atoms with van der Waals surface area (Å²) >= 11 is 0. The zero-order valence-electron chi connectivity index (χ0n) is 21.9. The molecule has 0 spiro atoms. The number of benzene rings is 3. The third-order valence-electron chi connectivity index (χ3n) is 6.38. The Balaban J connectivity index is 1.91. The molecule has 0 aliphatic rings. The average molecular weight is 518 g/mol. The molecule has 0 aliphatic carbocycles. The van der Waals surface area contributed by atoms with Gasteiger partial charge in [-0.2, -0.15) is 0 Å². The van der Waals surface area contributed by atoms with E-state index >= 15 is 0 Å². The zero-order valence-corrected chi connectivity index (χ0v) is 21.9.